The normalized spacial score (nSPS) is 23.2. The topological polar surface area (TPSA) is 107 Å². The van der Waals surface area contributed by atoms with Crippen LogP contribution in [0.3, 0.4) is 0 Å². The van der Waals surface area contributed by atoms with Crippen molar-refractivity contribution < 1.29 is 24.3 Å². The smallest absolute Gasteiger partial charge is 0.264 e. The Balaban J connectivity index is 1.62. The van der Waals surface area contributed by atoms with Gasteiger partial charge in [-0.15, -0.1) is 0 Å². The lowest BCUT2D eigenvalue weighted by Gasteiger charge is -2.41. The Kier molecular flexibility index (Phi) is 3.99. The molecule has 0 radical (unpaired) electrons. The van der Waals surface area contributed by atoms with Crippen molar-refractivity contribution in [1.29, 1.82) is 0 Å². The van der Waals surface area contributed by atoms with E-state index in [0.29, 0.717) is 29.2 Å². The zero-order chi connectivity index (χ0) is 18.4. The van der Waals surface area contributed by atoms with Crippen LogP contribution in [0.25, 0.3) is 0 Å². The van der Waals surface area contributed by atoms with E-state index < -0.39 is 23.8 Å². The maximum atomic E-state index is 13.0. The number of nitrogens with zero attached hydrogens (tertiary/aromatic N) is 2. The van der Waals surface area contributed by atoms with E-state index in [1.54, 1.807) is 18.2 Å². The van der Waals surface area contributed by atoms with Gasteiger partial charge in [0.1, 0.15) is 6.04 Å². The fourth-order valence-electron chi connectivity index (χ4n) is 3.89. The number of carbonyl (C=O) groups is 4. The van der Waals surface area contributed by atoms with Crippen LogP contribution in [-0.2, 0) is 9.59 Å². The molecular weight excluding hydrogens is 338 g/mol. The highest BCUT2D eigenvalue weighted by atomic mass is 16.3. The summed E-state index contributed by atoms with van der Waals surface area (Å²) in [5, 5.41) is 11.2. The van der Waals surface area contributed by atoms with Gasteiger partial charge in [-0.05, 0) is 30.9 Å². The Morgan fingerprint density at radius 3 is 2.58 bits per heavy atom. The van der Waals surface area contributed by atoms with E-state index in [9.17, 15) is 19.2 Å². The Morgan fingerprint density at radius 1 is 1.12 bits per heavy atom. The number of piperidine rings is 1. The Bertz CT molecular complexity index is 815. The molecule has 1 atom stereocenters. The van der Waals surface area contributed by atoms with Crippen LogP contribution in [-0.4, -0.2) is 59.4 Å². The maximum Gasteiger partial charge on any atom is 0.264 e. The van der Waals surface area contributed by atoms with Crippen molar-refractivity contribution in [3.63, 3.8) is 0 Å². The van der Waals surface area contributed by atoms with Crippen molar-refractivity contribution in [1.82, 2.24) is 10.2 Å². The summed E-state index contributed by atoms with van der Waals surface area (Å²) in [5.41, 5.74) is 1.30. The van der Waals surface area contributed by atoms with Crippen molar-refractivity contribution >= 4 is 29.3 Å². The predicted molar refractivity (Wildman–Crippen MR) is 90.5 cm³/mol. The highest BCUT2D eigenvalue weighted by molar-refractivity contribution is 6.25. The quantitative estimate of drug-likeness (QED) is 0.729. The monoisotopic (exact) mass is 357 g/mol. The van der Waals surface area contributed by atoms with Crippen LogP contribution in [0.5, 0.6) is 0 Å². The minimum absolute atomic E-state index is 0.103. The molecule has 1 aromatic carbocycles. The summed E-state index contributed by atoms with van der Waals surface area (Å²) in [6.45, 7) is 1.57. The number of anilines is 1. The fourth-order valence-corrected chi connectivity index (χ4v) is 3.89. The molecule has 0 aliphatic carbocycles. The third-order valence-corrected chi connectivity index (χ3v) is 5.28. The number of hydrogen-bond donors (Lipinski definition) is 2. The molecule has 4 rings (SSSR count). The number of rotatable bonds is 4. The van der Waals surface area contributed by atoms with E-state index in [0.717, 1.165) is 18.0 Å². The second-order valence-corrected chi connectivity index (χ2v) is 6.93. The van der Waals surface area contributed by atoms with Crippen molar-refractivity contribution in [3.8, 4) is 0 Å². The van der Waals surface area contributed by atoms with Crippen LogP contribution in [0.4, 0.5) is 5.69 Å². The number of nitrogens with one attached hydrogen (secondary N) is 1. The Hall–Kier alpha value is -2.74. The van der Waals surface area contributed by atoms with Gasteiger partial charge in [0.2, 0.25) is 11.8 Å². The third kappa shape index (κ3) is 2.48. The maximum absolute atomic E-state index is 13.0. The number of amides is 4. The molecule has 0 saturated carbocycles. The summed E-state index contributed by atoms with van der Waals surface area (Å²) >= 11 is 0. The van der Waals surface area contributed by atoms with E-state index >= 15 is 0 Å². The first-order valence-corrected chi connectivity index (χ1v) is 8.71. The molecule has 3 aliphatic heterocycles. The first-order chi connectivity index (χ1) is 12.5. The summed E-state index contributed by atoms with van der Waals surface area (Å²) in [5.74, 6) is -1.60. The van der Waals surface area contributed by atoms with Crippen LogP contribution in [0.1, 0.15) is 40.0 Å². The van der Waals surface area contributed by atoms with Crippen LogP contribution in [0, 0.1) is 5.92 Å². The van der Waals surface area contributed by atoms with Gasteiger partial charge in [-0.3, -0.25) is 29.4 Å². The van der Waals surface area contributed by atoms with Gasteiger partial charge < -0.3 is 10.0 Å². The van der Waals surface area contributed by atoms with Gasteiger partial charge in [0.25, 0.3) is 11.8 Å². The van der Waals surface area contributed by atoms with Gasteiger partial charge in [-0.2, -0.15) is 0 Å². The standard InChI is InChI=1S/C18H19N3O5/c22-7-6-10-8-20(9-10)12-3-1-2-11-15(12)18(26)21(17(11)25)13-4-5-14(23)19-16(13)24/h1-3,10,13,22H,4-9H2,(H,19,23,24). The Labute approximate surface area is 149 Å². The molecule has 0 bridgehead atoms. The lowest BCUT2D eigenvalue weighted by atomic mass is 9.94. The molecular formula is C18H19N3O5. The molecule has 3 aliphatic rings. The molecule has 136 valence electrons. The average Bonchev–Trinajstić information content (AvgIpc) is 2.83. The zero-order valence-corrected chi connectivity index (χ0v) is 14.1. The number of aliphatic hydroxyl groups is 1. The minimum atomic E-state index is -0.952. The molecule has 2 N–H and O–H groups in total. The Morgan fingerprint density at radius 2 is 1.88 bits per heavy atom. The molecule has 3 heterocycles. The number of fused-ring (bicyclic) bond motifs is 1. The average molecular weight is 357 g/mol. The minimum Gasteiger partial charge on any atom is -0.396 e. The van der Waals surface area contributed by atoms with Crippen LogP contribution in [0.15, 0.2) is 18.2 Å². The number of carbonyl (C=O) groups excluding carboxylic acids is 4. The van der Waals surface area contributed by atoms with E-state index in [-0.39, 0.29) is 25.4 Å². The lowest BCUT2D eigenvalue weighted by molar-refractivity contribution is -0.136. The largest absolute Gasteiger partial charge is 0.396 e. The van der Waals surface area contributed by atoms with E-state index in [1.807, 2.05) is 4.90 Å². The van der Waals surface area contributed by atoms with Crippen molar-refractivity contribution in [3.05, 3.63) is 29.3 Å². The van der Waals surface area contributed by atoms with Gasteiger partial charge in [0.15, 0.2) is 0 Å². The van der Waals surface area contributed by atoms with E-state index in [2.05, 4.69) is 5.32 Å². The van der Waals surface area contributed by atoms with E-state index in [1.165, 1.54) is 0 Å². The number of aliphatic hydroxyl groups excluding tert-OH is 1. The molecule has 2 saturated heterocycles. The van der Waals surface area contributed by atoms with Crippen LogP contribution in [0.2, 0.25) is 0 Å². The summed E-state index contributed by atoms with van der Waals surface area (Å²) in [6.07, 6.45) is 0.959. The molecule has 1 aromatic rings. The first kappa shape index (κ1) is 16.7. The van der Waals surface area contributed by atoms with Gasteiger partial charge in [-0.25, -0.2) is 0 Å². The SMILES string of the molecule is O=C1CCC(N2C(=O)c3cccc(N4CC(CCO)C4)c3C2=O)C(=O)N1. The number of benzene rings is 1. The van der Waals surface area contributed by atoms with Gasteiger partial charge in [0, 0.05) is 26.1 Å². The van der Waals surface area contributed by atoms with Gasteiger partial charge in [0.05, 0.1) is 16.8 Å². The molecule has 4 amide bonds. The van der Waals surface area contributed by atoms with Crippen molar-refractivity contribution in [2.45, 2.75) is 25.3 Å². The first-order valence-electron chi connectivity index (χ1n) is 8.71. The molecule has 26 heavy (non-hydrogen) atoms. The molecule has 8 heteroatoms. The summed E-state index contributed by atoms with van der Waals surface area (Å²) in [6, 6.07) is 4.17. The zero-order valence-electron chi connectivity index (χ0n) is 14.1. The van der Waals surface area contributed by atoms with E-state index in [4.69, 9.17) is 5.11 Å². The molecule has 8 nitrogen and oxygen atoms in total. The molecule has 0 spiro atoms. The van der Waals surface area contributed by atoms with Crippen molar-refractivity contribution in [2.75, 3.05) is 24.6 Å². The van der Waals surface area contributed by atoms with Gasteiger partial charge in [-0.1, -0.05) is 6.07 Å². The molecule has 1 unspecified atom stereocenters. The summed E-state index contributed by atoms with van der Waals surface area (Å²) in [7, 11) is 0. The third-order valence-electron chi connectivity index (χ3n) is 5.28. The second-order valence-electron chi connectivity index (χ2n) is 6.93. The van der Waals surface area contributed by atoms with Gasteiger partial charge >= 0.3 is 0 Å². The molecule has 2 fully saturated rings. The lowest BCUT2D eigenvalue weighted by Crippen LogP contribution is -2.54. The number of imide groups is 2. The fraction of sp³-hybridized carbons (Fsp3) is 0.444. The molecule has 0 aromatic heterocycles. The predicted octanol–water partition coefficient (Wildman–Crippen LogP) is -0.0936. The highest BCUT2D eigenvalue weighted by Crippen LogP contribution is 2.37. The van der Waals surface area contributed by atoms with Crippen LogP contribution < -0.4 is 10.2 Å². The number of hydrogen-bond acceptors (Lipinski definition) is 6. The highest BCUT2D eigenvalue weighted by Gasteiger charge is 2.46. The van der Waals surface area contributed by atoms with Crippen molar-refractivity contribution in [2.24, 2.45) is 5.92 Å². The summed E-state index contributed by atoms with van der Waals surface area (Å²) < 4.78 is 0. The summed E-state index contributed by atoms with van der Waals surface area (Å²) in [4.78, 5) is 52.2. The van der Waals surface area contributed by atoms with Crippen LogP contribution >= 0.6 is 0 Å². The second kappa shape index (κ2) is 6.21.